The van der Waals surface area contributed by atoms with E-state index in [0.717, 1.165) is 19.4 Å². The molecular formula is C13H22ClF3N2O. The SMILES string of the molecule is Cl.O=C(NC1CCC(C(F)(F)F)CC1)[C@@H]1CCCNC1. The van der Waals surface area contributed by atoms with Crippen molar-refractivity contribution >= 4 is 18.3 Å². The van der Waals surface area contributed by atoms with Gasteiger partial charge in [-0.05, 0) is 45.1 Å². The van der Waals surface area contributed by atoms with Crippen LogP contribution in [0.3, 0.4) is 0 Å². The number of halogens is 4. The highest BCUT2D eigenvalue weighted by atomic mass is 35.5. The van der Waals surface area contributed by atoms with Gasteiger partial charge in [-0.15, -0.1) is 12.4 Å². The zero-order valence-electron chi connectivity index (χ0n) is 11.3. The molecule has 0 aromatic carbocycles. The molecule has 0 radical (unpaired) electrons. The van der Waals surface area contributed by atoms with Crippen LogP contribution in [0.5, 0.6) is 0 Å². The first-order valence-electron chi connectivity index (χ1n) is 7.04. The minimum absolute atomic E-state index is 0. The summed E-state index contributed by atoms with van der Waals surface area (Å²) in [6, 6.07) is -0.0759. The van der Waals surface area contributed by atoms with Gasteiger partial charge in [0.25, 0.3) is 0 Å². The molecule has 1 saturated carbocycles. The summed E-state index contributed by atoms with van der Waals surface area (Å²) in [5.74, 6) is -1.20. The van der Waals surface area contributed by atoms with Gasteiger partial charge in [0.15, 0.2) is 0 Å². The van der Waals surface area contributed by atoms with Crippen molar-refractivity contribution < 1.29 is 18.0 Å². The summed E-state index contributed by atoms with van der Waals surface area (Å²) in [4.78, 5) is 12.0. The molecule has 2 N–H and O–H groups in total. The van der Waals surface area contributed by atoms with Gasteiger partial charge in [-0.25, -0.2) is 0 Å². The first kappa shape index (κ1) is 17.6. The number of alkyl halides is 3. The van der Waals surface area contributed by atoms with Crippen molar-refractivity contribution in [3.63, 3.8) is 0 Å². The molecule has 0 spiro atoms. The minimum atomic E-state index is -4.08. The molecule has 1 atom stereocenters. The third kappa shape index (κ3) is 4.81. The molecule has 0 unspecified atom stereocenters. The fraction of sp³-hybridized carbons (Fsp3) is 0.923. The summed E-state index contributed by atoms with van der Waals surface area (Å²) >= 11 is 0. The van der Waals surface area contributed by atoms with Crippen molar-refractivity contribution in [1.82, 2.24) is 10.6 Å². The predicted molar refractivity (Wildman–Crippen MR) is 72.8 cm³/mol. The van der Waals surface area contributed by atoms with E-state index in [1.807, 2.05) is 0 Å². The lowest BCUT2D eigenvalue weighted by Crippen LogP contribution is -2.46. The second-order valence-corrected chi connectivity index (χ2v) is 5.64. The normalized spacial score (nSPS) is 31.2. The van der Waals surface area contributed by atoms with Crippen molar-refractivity contribution in [2.24, 2.45) is 11.8 Å². The first-order valence-corrected chi connectivity index (χ1v) is 7.04. The van der Waals surface area contributed by atoms with Crippen LogP contribution >= 0.6 is 12.4 Å². The van der Waals surface area contributed by atoms with Crippen LogP contribution in [-0.2, 0) is 4.79 Å². The maximum atomic E-state index is 12.5. The van der Waals surface area contributed by atoms with Gasteiger partial charge < -0.3 is 10.6 Å². The Kier molecular flexibility index (Phi) is 6.58. The maximum Gasteiger partial charge on any atom is 0.391 e. The van der Waals surface area contributed by atoms with E-state index in [1.165, 1.54) is 0 Å². The second kappa shape index (κ2) is 7.50. The number of nitrogens with one attached hydrogen (secondary N) is 2. The van der Waals surface area contributed by atoms with E-state index in [9.17, 15) is 18.0 Å². The number of hydrogen-bond acceptors (Lipinski definition) is 2. The molecule has 2 aliphatic rings. The average Bonchev–Trinajstić information content (AvgIpc) is 2.39. The molecule has 1 amide bonds. The number of carbonyl (C=O) groups excluding carboxylic acids is 1. The van der Waals surface area contributed by atoms with Gasteiger partial charge in [0.2, 0.25) is 5.91 Å². The van der Waals surface area contributed by atoms with E-state index in [2.05, 4.69) is 10.6 Å². The Morgan fingerprint density at radius 3 is 2.25 bits per heavy atom. The van der Waals surface area contributed by atoms with E-state index >= 15 is 0 Å². The molecular weight excluding hydrogens is 293 g/mol. The van der Waals surface area contributed by atoms with Gasteiger partial charge in [0.05, 0.1) is 11.8 Å². The van der Waals surface area contributed by atoms with Gasteiger partial charge in [-0.3, -0.25) is 4.79 Å². The minimum Gasteiger partial charge on any atom is -0.353 e. The smallest absolute Gasteiger partial charge is 0.353 e. The quantitative estimate of drug-likeness (QED) is 0.822. The Balaban J connectivity index is 0.00000200. The van der Waals surface area contributed by atoms with Gasteiger partial charge in [0.1, 0.15) is 0 Å². The summed E-state index contributed by atoms with van der Waals surface area (Å²) in [7, 11) is 0. The summed E-state index contributed by atoms with van der Waals surface area (Å²) in [6.07, 6.45) is -1.07. The number of piperidine rings is 1. The monoisotopic (exact) mass is 314 g/mol. The summed E-state index contributed by atoms with van der Waals surface area (Å²) in [5.41, 5.74) is 0. The highest BCUT2D eigenvalue weighted by Gasteiger charge is 2.41. The molecule has 1 aliphatic carbocycles. The number of carbonyl (C=O) groups is 1. The van der Waals surface area contributed by atoms with Crippen LogP contribution in [0.1, 0.15) is 38.5 Å². The van der Waals surface area contributed by atoms with Crippen LogP contribution in [0.2, 0.25) is 0 Å². The van der Waals surface area contributed by atoms with Crippen LogP contribution in [0.4, 0.5) is 13.2 Å². The average molecular weight is 315 g/mol. The van der Waals surface area contributed by atoms with Gasteiger partial charge in [-0.2, -0.15) is 13.2 Å². The van der Waals surface area contributed by atoms with Crippen molar-refractivity contribution in [2.45, 2.75) is 50.7 Å². The Bertz CT molecular complexity index is 311. The molecule has 0 aromatic rings. The first-order chi connectivity index (χ1) is 8.97. The van der Waals surface area contributed by atoms with Crippen molar-refractivity contribution in [1.29, 1.82) is 0 Å². The van der Waals surface area contributed by atoms with E-state index in [0.29, 0.717) is 19.4 Å². The fourth-order valence-electron chi connectivity index (χ4n) is 2.96. The maximum absolute atomic E-state index is 12.5. The molecule has 1 heterocycles. The number of hydrogen-bond donors (Lipinski definition) is 2. The fourth-order valence-corrected chi connectivity index (χ4v) is 2.96. The lowest BCUT2D eigenvalue weighted by molar-refractivity contribution is -0.182. The molecule has 2 fully saturated rings. The van der Waals surface area contributed by atoms with E-state index in [4.69, 9.17) is 0 Å². The zero-order chi connectivity index (χ0) is 13.9. The molecule has 118 valence electrons. The molecule has 3 nitrogen and oxygen atoms in total. The van der Waals surface area contributed by atoms with E-state index in [1.54, 1.807) is 0 Å². The third-order valence-electron chi connectivity index (χ3n) is 4.20. The molecule has 2 rings (SSSR count). The third-order valence-corrected chi connectivity index (χ3v) is 4.20. The van der Waals surface area contributed by atoms with Crippen LogP contribution in [0.25, 0.3) is 0 Å². The standard InChI is InChI=1S/C13H21F3N2O.ClH/c14-13(15,16)10-3-5-11(6-4-10)18-12(19)9-2-1-7-17-8-9;/h9-11,17H,1-8H2,(H,18,19);1H/t9-,10?,11?;/m1./s1. The van der Waals surface area contributed by atoms with Crippen LogP contribution in [-0.4, -0.2) is 31.2 Å². The predicted octanol–water partition coefficient (Wildman–Crippen LogP) is 2.65. The lowest BCUT2D eigenvalue weighted by atomic mass is 9.85. The summed E-state index contributed by atoms with van der Waals surface area (Å²) in [6.45, 7) is 1.63. The Labute approximate surface area is 123 Å². The summed E-state index contributed by atoms with van der Waals surface area (Å²) in [5, 5.41) is 6.08. The Morgan fingerprint density at radius 2 is 1.75 bits per heavy atom. The van der Waals surface area contributed by atoms with Crippen molar-refractivity contribution in [3.05, 3.63) is 0 Å². The van der Waals surface area contributed by atoms with Crippen LogP contribution < -0.4 is 10.6 Å². The highest BCUT2D eigenvalue weighted by molar-refractivity contribution is 5.85. The number of rotatable bonds is 2. The molecule has 1 aliphatic heterocycles. The van der Waals surface area contributed by atoms with Crippen molar-refractivity contribution in [3.8, 4) is 0 Å². The van der Waals surface area contributed by atoms with Gasteiger partial charge in [0, 0.05) is 12.6 Å². The topological polar surface area (TPSA) is 41.1 Å². The molecule has 0 bridgehead atoms. The number of amides is 1. The van der Waals surface area contributed by atoms with Crippen LogP contribution in [0.15, 0.2) is 0 Å². The zero-order valence-corrected chi connectivity index (χ0v) is 12.2. The Hall–Kier alpha value is -0.490. The molecule has 7 heteroatoms. The largest absolute Gasteiger partial charge is 0.391 e. The highest BCUT2D eigenvalue weighted by Crippen LogP contribution is 2.37. The molecule has 0 aromatic heterocycles. The van der Waals surface area contributed by atoms with Crippen molar-refractivity contribution in [2.75, 3.05) is 13.1 Å². The van der Waals surface area contributed by atoms with E-state index < -0.39 is 12.1 Å². The van der Waals surface area contributed by atoms with Gasteiger partial charge in [-0.1, -0.05) is 0 Å². The summed E-state index contributed by atoms with van der Waals surface area (Å²) < 4.78 is 37.6. The van der Waals surface area contributed by atoms with Crippen LogP contribution in [0, 0.1) is 11.8 Å². The second-order valence-electron chi connectivity index (χ2n) is 5.64. The lowest BCUT2D eigenvalue weighted by Gasteiger charge is -2.31. The Morgan fingerprint density at radius 1 is 1.10 bits per heavy atom. The van der Waals surface area contributed by atoms with E-state index in [-0.39, 0.29) is 43.1 Å². The van der Waals surface area contributed by atoms with Gasteiger partial charge >= 0.3 is 6.18 Å². The molecule has 20 heavy (non-hydrogen) atoms. The molecule has 1 saturated heterocycles.